The molecule has 114 valence electrons. The van der Waals surface area contributed by atoms with Crippen LogP contribution in [0.2, 0.25) is 0 Å². The van der Waals surface area contributed by atoms with Gasteiger partial charge in [0.05, 0.1) is 6.04 Å². The van der Waals surface area contributed by atoms with E-state index in [0.29, 0.717) is 5.92 Å². The van der Waals surface area contributed by atoms with Crippen LogP contribution in [0.15, 0.2) is 41.1 Å². The lowest BCUT2D eigenvalue weighted by molar-refractivity contribution is -0.127. The van der Waals surface area contributed by atoms with E-state index in [0.717, 1.165) is 31.3 Å². The molecule has 1 saturated carbocycles. The Labute approximate surface area is 126 Å². The number of hydrogen-bond donors (Lipinski definition) is 1. The molecular weight excluding hydrogens is 264 g/mol. The number of nitroso groups, excluding NO2 is 1. The third kappa shape index (κ3) is 4.38. The fourth-order valence-corrected chi connectivity index (χ4v) is 3.12. The van der Waals surface area contributed by atoms with Crippen molar-refractivity contribution in [2.75, 3.05) is 6.54 Å². The quantitative estimate of drug-likeness (QED) is 0.787. The molecule has 0 aromatic rings. The summed E-state index contributed by atoms with van der Waals surface area (Å²) in [5.74, 6) is 0.555. The summed E-state index contributed by atoms with van der Waals surface area (Å²) in [4.78, 5) is 23.2. The third-order valence-electron chi connectivity index (χ3n) is 4.43. The molecule has 2 rings (SSSR count). The Morgan fingerprint density at radius 2 is 2.19 bits per heavy atom. The van der Waals surface area contributed by atoms with Crippen molar-refractivity contribution in [2.45, 2.75) is 45.1 Å². The fourth-order valence-electron chi connectivity index (χ4n) is 3.12. The summed E-state index contributed by atoms with van der Waals surface area (Å²) in [7, 11) is 0. The molecule has 0 aromatic carbocycles. The highest BCUT2D eigenvalue weighted by atomic mass is 16.3. The Balaban J connectivity index is 2.04. The van der Waals surface area contributed by atoms with Crippen molar-refractivity contribution in [1.82, 2.24) is 5.32 Å². The van der Waals surface area contributed by atoms with Crippen LogP contribution in [0.5, 0.6) is 0 Å². The van der Waals surface area contributed by atoms with Gasteiger partial charge in [-0.05, 0) is 30.8 Å². The SMILES string of the molecule is C[C@@H]1CCCCC1C(=O)N[C@@H](CN=O)C1=CC=CCC=C1. The molecule has 0 aliphatic heterocycles. The summed E-state index contributed by atoms with van der Waals surface area (Å²) < 4.78 is 0. The Bertz CT molecular complexity index is 465. The zero-order chi connectivity index (χ0) is 15.1. The van der Waals surface area contributed by atoms with Crippen LogP contribution in [0.1, 0.15) is 39.0 Å². The summed E-state index contributed by atoms with van der Waals surface area (Å²) in [5.41, 5.74) is 0.945. The third-order valence-corrected chi connectivity index (χ3v) is 4.43. The zero-order valence-electron chi connectivity index (χ0n) is 12.6. The van der Waals surface area contributed by atoms with Gasteiger partial charge in [-0.2, -0.15) is 4.91 Å². The minimum Gasteiger partial charge on any atom is -0.347 e. The standard InChI is InChI=1S/C17H24N2O2/c1-13-8-6-7-11-15(13)17(20)19-16(12-18-21)14-9-4-2-3-5-10-14/h2,4-5,9-10,13,15-16H,3,6-8,11-12H2,1H3,(H,19,20)/t13-,15?,16+/m1/s1. The maximum absolute atomic E-state index is 12.5. The van der Waals surface area contributed by atoms with Gasteiger partial charge in [-0.3, -0.25) is 4.79 Å². The number of nitrogens with one attached hydrogen (secondary N) is 1. The van der Waals surface area contributed by atoms with Crippen molar-refractivity contribution >= 4 is 5.91 Å². The Hall–Kier alpha value is -1.71. The maximum atomic E-state index is 12.5. The number of carbonyl (C=O) groups excluding carboxylic acids is 1. The lowest BCUT2D eigenvalue weighted by Crippen LogP contribution is -2.43. The van der Waals surface area contributed by atoms with Crippen molar-refractivity contribution < 1.29 is 4.79 Å². The molecule has 0 saturated heterocycles. The number of nitrogens with zero attached hydrogens (tertiary/aromatic N) is 1. The first-order valence-corrected chi connectivity index (χ1v) is 7.85. The van der Waals surface area contributed by atoms with Gasteiger partial charge in [-0.15, -0.1) is 0 Å². The van der Waals surface area contributed by atoms with Crippen LogP contribution in [0.4, 0.5) is 0 Å². The lowest BCUT2D eigenvalue weighted by atomic mass is 9.80. The first kappa shape index (κ1) is 15.7. The molecule has 0 bridgehead atoms. The Morgan fingerprint density at radius 3 is 2.95 bits per heavy atom. The molecule has 4 nitrogen and oxygen atoms in total. The maximum Gasteiger partial charge on any atom is 0.223 e. The van der Waals surface area contributed by atoms with Crippen LogP contribution in [0, 0.1) is 16.7 Å². The molecule has 0 radical (unpaired) electrons. The van der Waals surface area contributed by atoms with Crippen LogP contribution in [0.25, 0.3) is 0 Å². The molecular formula is C17H24N2O2. The number of rotatable bonds is 5. The average molecular weight is 288 g/mol. The van der Waals surface area contributed by atoms with Crippen molar-refractivity contribution in [3.05, 3.63) is 40.9 Å². The highest BCUT2D eigenvalue weighted by Gasteiger charge is 2.29. The molecule has 2 aliphatic carbocycles. The van der Waals surface area contributed by atoms with Crippen molar-refractivity contribution in [3.8, 4) is 0 Å². The van der Waals surface area contributed by atoms with Crippen molar-refractivity contribution in [3.63, 3.8) is 0 Å². The molecule has 1 N–H and O–H groups in total. The number of hydrogen-bond acceptors (Lipinski definition) is 3. The normalized spacial score (nSPS) is 26.6. The van der Waals surface area contributed by atoms with Crippen LogP contribution < -0.4 is 5.32 Å². The topological polar surface area (TPSA) is 58.5 Å². The Kier molecular flexibility index (Phi) is 5.90. The van der Waals surface area contributed by atoms with Crippen LogP contribution in [-0.4, -0.2) is 18.5 Å². The molecule has 2 aliphatic rings. The minimum absolute atomic E-state index is 0.0679. The number of carbonyl (C=O) groups is 1. The van der Waals surface area contributed by atoms with Gasteiger partial charge in [0.25, 0.3) is 0 Å². The first-order chi connectivity index (χ1) is 10.2. The highest BCUT2D eigenvalue weighted by Crippen LogP contribution is 2.29. The van der Waals surface area contributed by atoms with Crippen LogP contribution in [0.3, 0.4) is 0 Å². The van der Waals surface area contributed by atoms with Gasteiger partial charge in [0.15, 0.2) is 0 Å². The second-order valence-corrected chi connectivity index (χ2v) is 5.97. The molecule has 0 aromatic heterocycles. The molecule has 1 unspecified atom stereocenters. The molecule has 21 heavy (non-hydrogen) atoms. The smallest absolute Gasteiger partial charge is 0.223 e. The monoisotopic (exact) mass is 288 g/mol. The summed E-state index contributed by atoms with van der Waals surface area (Å²) in [5, 5.41) is 6.02. The molecule has 0 heterocycles. The van der Waals surface area contributed by atoms with E-state index in [1.807, 2.05) is 30.4 Å². The second kappa shape index (κ2) is 7.91. The molecule has 4 heteroatoms. The van der Waals surface area contributed by atoms with Crippen molar-refractivity contribution in [1.29, 1.82) is 0 Å². The highest BCUT2D eigenvalue weighted by molar-refractivity contribution is 5.79. The van der Waals surface area contributed by atoms with Crippen molar-refractivity contribution in [2.24, 2.45) is 17.0 Å². The summed E-state index contributed by atoms with van der Waals surface area (Å²) in [6.07, 6.45) is 15.2. The van der Waals surface area contributed by atoms with Crippen LogP contribution >= 0.6 is 0 Å². The zero-order valence-corrected chi connectivity index (χ0v) is 12.6. The summed E-state index contributed by atoms with van der Waals surface area (Å²) in [6.45, 7) is 2.22. The van der Waals surface area contributed by atoms with Gasteiger partial charge in [0.2, 0.25) is 5.91 Å². The van der Waals surface area contributed by atoms with E-state index in [1.54, 1.807) is 0 Å². The first-order valence-electron chi connectivity index (χ1n) is 7.85. The number of allylic oxidation sites excluding steroid dienone is 4. The minimum atomic E-state index is -0.317. The predicted molar refractivity (Wildman–Crippen MR) is 84.7 cm³/mol. The predicted octanol–water partition coefficient (Wildman–Crippen LogP) is 3.51. The lowest BCUT2D eigenvalue weighted by Gasteiger charge is -2.29. The van der Waals surface area contributed by atoms with Gasteiger partial charge in [-0.25, -0.2) is 0 Å². The van der Waals surface area contributed by atoms with Gasteiger partial charge in [-0.1, -0.05) is 55.3 Å². The Morgan fingerprint density at radius 1 is 1.38 bits per heavy atom. The summed E-state index contributed by atoms with van der Waals surface area (Å²) in [6, 6.07) is -0.317. The van der Waals surface area contributed by atoms with E-state index in [-0.39, 0.29) is 24.4 Å². The van der Waals surface area contributed by atoms with E-state index < -0.39 is 0 Å². The molecule has 1 amide bonds. The molecule has 1 fully saturated rings. The second-order valence-electron chi connectivity index (χ2n) is 5.97. The van der Waals surface area contributed by atoms with Crippen LogP contribution in [-0.2, 0) is 4.79 Å². The van der Waals surface area contributed by atoms with E-state index in [1.165, 1.54) is 6.42 Å². The molecule has 3 atom stereocenters. The van der Waals surface area contributed by atoms with E-state index >= 15 is 0 Å². The van der Waals surface area contributed by atoms with Gasteiger partial charge < -0.3 is 5.32 Å². The van der Waals surface area contributed by atoms with E-state index in [9.17, 15) is 9.70 Å². The average Bonchev–Trinajstić information content (AvgIpc) is 2.76. The van der Waals surface area contributed by atoms with Gasteiger partial charge in [0.1, 0.15) is 6.54 Å². The van der Waals surface area contributed by atoms with Gasteiger partial charge in [0, 0.05) is 5.92 Å². The largest absolute Gasteiger partial charge is 0.347 e. The van der Waals surface area contributed by atoms with Gasteiger partial charge >= 0.3 is 0 Å². The van der Waals surface area contributed by atoms with E-state index in [2.05, 4.69) is 17.4 Å². The number of amides is 1. The summed E-state index contributed by atoms with van der Waals surface area (Å²) >= 11 is 0. The molecule has 0 spiro atoms. The fraction of sp³-hybridized carbons (Fsp3) is 0.588. The van der Waals surface area contributed by atoms with E-state index in [4.69, 9.17) is 0 Å².